The third-order valence-corrected chi connectivity index (χ3v) is 4.87. The lowest BCUT2D eigenvalue weighted by molar-refractivity contribution is 0.376. The fourth-order valence-corrected chi connectivity index (χ4v) is 3.38. The average molecular weight is 278 g/mol. The summed E-state index contributed by atoms with van der Waals surface area (Å²) in [6, 6.07) is 18.0. The Kier molecular flexibility index (Phi) is 4.24. The van der Waals surface area contributed by atoms with Gasteiger partial charge in [0.25, 0.3) is 0 Å². The van der Waals surface area contributed by atoms with Gasteiger partial charge in [-0.05, 0) is 61.1 Å². The summed E-state index contributed by atoms with van der Waals surface area (Å²) in [5.74, 6) is 1.49. The molecule has 0 heterocycles. The predicted octanol–water partition coefficient (Wildman–Crippen LogP) is 6.37. The van der Waals surface area contributed by atoms with Crippen LogP contribution in [0.4, 0.5) is 0 Å². The van der Waals surface area contributed by atoms with Crippen LogP contribution in [0.1, 0.15) is 44.2 Å². The molecule has 0 saturated heterocycles. The maximum absolute atomic E-state index is 3.93. The molecule has 0 atom stereocenters. The highest BCUT2D eigenvalue weighted by atomic mass is 14.2. The first kappa shape index (κ1) is 14.1. The van der Waals surface area contributed by atoms with Crippen LogP contribution in [0, 0.1) is 12.8 Å². The Balaban J connectivity index is 0.00000176. The van der Waals surface area contributed by atoms with Gasteiger partial charge in [-0.2, -0.15) is 0 Å². The Bertz CT molecular complexity index is 587. The number of hydrogen-bond donors (Lipinski definition) is 0. The van der Waals surface area contributed by atoms with Crippen LogP contribution in [0.25, 0.3) is 11.1 Å². The van der Waals surface area contributed by atoms with Crippen molar-refractivity contribution in [2.75, 3.05) is 0 Å². The summed E-state index contributed by atoms with van der Waals surface area (Å²) in [6.45, 7) is 6.06. The van der Waals surface area contributed by atoms with Crippen LogP contribution in [0.3, 0.4) is 0 Å². The number of hydrogen-bond acceptors (Lipinski definition) is 0. The van der Waals surface area contributed by atoms with Crippen molar-refractivity contribution in [1.82, 2.24) is 0 Å². The minimum absolute atomic E-state index is 0. The number of allylic oxidation sites excluding steroid dienone is 1. The van der Waals surface area contributed by atoms with Gasteiger partial charge in [-0.25, -0.2) is 0 Å². The lowest BCUT2D eigenvalue weighted by Gasteiger charge is -2.27. The van der Waals surface area contributed by atoms with Crippen molar-refractivity contribution in [3.8, 4) is 11.1 Å². The normalized spacial score (nSPS) is 22.0. The van der Waals surface area contributed by atoms with E-state index in [-0.39, 0.29) is 1.43 Å². The SMILES string of the molecule is C=CC1CCC(c2ccc(-c3ccc(C)cc3)cc2)CC1.[HH]. The molecule has 0 aromatic heterocycles. The van der Waals surface area contributed by atoms with Gasteiger partial charge in [0, 0.05) is 1.43 Å². The summed E-state index contributed by atoms with van der Waals surface area (Å²) in [5.41, 5.74) is 5.45. The maximum Gasteiger partial charge on any atom is 0 e. The zero-order valence-electron chi connectivity index (χ0n) is 12.9. The lowest BCUT2D eigenvalue weighted by Crippen LogP contribution is -2.11. The first-order valence-corrected chi connectivity index (χ1v) is 8.06. The molecular weight excluding hydrogens is 252 g/mol. The molecular formula is C21H26. The van der Waals surface area contributed by atoms with Crippen LogP contribution >= 0.6 is 0 Å². The van der Waals surface area contributed by atoms with E-state index in [1.165, 1.54) is 47.9 Å². The minimum atomic E-state index is 0. The van der Waals surface area contributed by atoms with E-state index in [1.54, 1.807) is 0 Å². The molecule has 3 rings (SSSR count). The fourth-order valence-electron chi connectivity index (χ4n) is 3.38. The molecule has 0 aliphatic heterocycles. The molecule has 0 spiro atoms. The van der Waals surface area contributed by atoms with Crippen molar-refractivity contribution in [1.29, 1.82) is 0 Å². The van der Waals surface area contributed by atoms with Crippen molar-refractivity contribution in [3.05, 3.63) is 72.3 Å². The Labute approximate surface area is 130 Å². The highest BCUT2D eigenvalue weighted by Gasteiger charge is 2.20. The monoisotopic (exact) mass is 278 g/mol. The highest BCUT2D eigenvalue weighted by Crippen LogP contribution is 2.36. The predicted molar refractivity (Wildman–Crippen MR) is 93.6 cm³/mol. The van der Waals surface area contributed by atoms with Crippen LogP contribution < -0.4 is 0 Å². The smallest absolute Gasteiger partial charge is 0 e. The Hall–Kier alpha value is -1.82. The van der Waals surface area contributed by atoms with E-state index >= 15 is 0 Å². The number of aryl methyl sites for hydroxylation is 1. The van der Waals surface area contributed by atoms with E-state index in [0.717, 1.165) is 11.8 Å². The van der Waals surface area contributed by atoms with Crippen LogP contribution in [-0.4, -0.2) is 0 Å². The van der Waals surface area contributed by atoms with Gasteiger partial charge in [-0.1, -0.05) is 60.2 Å². The molecule has 0 radical (unpaired) electrons. The Morgan fingerprint density at radius 2 is 1.38 bits per heavy atom. The maximum atomic E-state index is 3.93. The van der Waals surface area contributed by atoms with E-state index in [2.05, 4.69) is 68.1 Å². The molecule has 1 fully saturated rings. The highest BCUT2D eigenvalue weighted by molar-refractivity contribution is 5.64. The third-order valence-electron chi connectivity index (χ3n) is 4.87. The molecule has 1 aliphatic rings. The molecule has 0 unspecified atom stereocenters. The number of rotatable bonds is 3. The van der Waals surface area contributed by atoms with Gasteiger partial charge in [0.15, 0.2) is 0 Å². The Morgan fingerprint density at radius 1 is 0.857 bits per heavy atom. The second-order valence-corrected chi connectivity index (χ2v) is 6.34. The molecule has 0 amide bonds. The molecule has 21 heavy (non-hydrogen) atoms. The van der Waals surface area contributed by atoms with E-state index in [9.17, 15) is 0 Å². The quantitative estimate of drug-likeness (QED) is 0.572. The van der Waals surface area contributed by atoms with Crippen LogP contribution in [0.15, 0.2) is 61.2 Å². The average Bonchev–Trinajstić information content (AvgIpc) is 2.56. The second kappa shape index (κ2) is 6.30. The van der Waals surface area contributed by atoms with Gasteiger partial charge in [0.2, 0.25) is 0 Å². The minimum Gasteiger partial charge on any atom is -0.103 e. The van der Waals surface area contributed by atoms with E-state index < -0.39 is 0 Å². The van der Waals surface area contributed by atoms with E-state index in [4.69, 9.17) is 0 Å². The summed E-state index contributed by atoms with van der Waals surface area (Å²) in [6.07, 6.45) is 7.35. The van der Waals surface area contributed by atoms with E-state index in [0.29, 0.717) is 0 Å². The molecule has 0 bridgehead atoms. The van der Waals surface area contributed by atoms with Gasteiger partial charge in [0.05, 0.1) is 0 Å². The van der Waals surface area contributed by atoms with Gasteiger partial charge in [-0.15, -0.1) is 6.58 Å². The fraction of sp³-hybridized carbons (Fsp3) is 0.333. The van der Waals surface area contributed by atoms with Gasteiger partial charge in [0.1, 0.15) is 0 Å². The summed E-state index contributed by atoms with van der Waals surface area (Å²) in [7, 11) is 0. The van der Waals surface area contributed by atoms with Gasteiger partial charge in [-0.3, -0.25) is 0 Å². The third kappa shape index (κ3) is 3.26. The van der Waals surface area contributed by atoms with Crippen LogP contribution in [0.5, 0.6) is 0 Å². The molecule has 2 aromatic carbocycles. The zero-order valence-corrected chi connectivity index (χ0v) is 12.9. The molecule has 0 heteroatoms. The van der Waals surface area contributed by atoms with Crippen molar-refractivity contribution in [2.45, 2.75) is 38.5 Å². The first-order valence-electron chi connectivity index (χ1n) is 8.06. The molecule has 2 aromatic rings. The van der Waals surface area contributed by atoms with Crippen LogP contribution in [-0.2, 0) is 0 Å². The summed E-state index contributed by atoms with van der Waals surface area (Å²) >= 11 is 0. The summed E-state index contributed by atoms with van der Waals surface area (Å²) < 4.78 is 0. The largest absolute Gasteiger partial charge is 0.103 e. The van der Waals surface area contributed by atoms with E-state index in [1.807, 2.05) is 0 Å². The molecule has 1 aliphatic carbocycles. The molecule has 0 N–H and O–H groups in total. The lowest BCUT2D eigenvalue weighted by atomic mass is 9.78. The summed E-state index contributed by atoms with van der Waals surface area (Å²) in [4.78, 5) is 0. The second-order valence-electron chi connectivity index (χ2n) is 6.34. The summed E-state index contributed by atoms with van der Waals surface area (Å²) in [5, 5.41) is 0. The zero-order chi connectivity index (χ0) is 14.7. The van der Waals surface area contributed by atoms with Crippen molar-refractivity contribution in [3.63, 3.8) is 0 Å². The van der Waals surface area contributed by atoms with Crippen LogP contribution in [0.2, 0.25) is 0 Å². The van der Waals surface area contributed by atoms with Gasteiger partial charge < -0.3 is 0 Å². The van der Waals surface area contributed by atoms with Crippen molar-refractivity contribution in [2.24, 2.45) is 5.92 Å². The topological polar surface area (TPSA) is 0 Å². The standard InChI is InChI=1S/C21H24.H2/c1-3-17-6-10-19(11-7-17)21-14-12-20(13-15-21)18-8-4-16(2)5-9-18;/h3-5,8-9,12-15,17,19H,1,6-7,10-11H2,2H3;1H. The molecule has 0 nitrogen and oxygen atoms in total. The first-order chi connectivity index (χ1) is 10.3. The molecule has 1 saturated carbocycles. The number of benzene rings is 2. The Morgan fingerprint density at radius 3 is 1.90 bits per heavy atom. The van der Waals surface area contributed by atoms with Crippen molar-refractivity contribution < 1.29 is 1.43 Å². The molecule has 110 valence electrons. The van der Waals surface area contributed by atoms with Crippen molar-refractivity contribution >= 4 is 0 Å². The van der Waals surface area contributed by atoms with Gasteiger partial charge >= 0.3 is 0 Å².